The predicted molar refractivity (Wildman–Crippen MR) is 100 cm³/mol. The summed E-state index contributed by atoms with van der Waals surface area (Å²) in [5.41, 5.74) is 0.420. The zero-order chi connectivity index (χ0) is 17.7. The second-order valence-electron chi connectivity index (χ2n) is 4.60. The van der Waals surface area contributed by atoms with Crippen LogP contribution in [-0.2, 0) is 4.79 Å². The molecular weight excluding hydrogens is 393 g/mol. The van der Waals surface area contributed by atoms with Gasteiger partial charge in [0.15, 0.2) is 11.5 Å². The van der Waals surface area contributed by atoms with E-state index in [1.54, 1.807) is 20.3 Å². The highest BCUT2D eigenvalue weighted by Crippen LogP contribution is 2.33. The molecule has 0 atom stereocenters. The second kappa shape index (κ2) is 8.72. The van der Waals surface area contributed by atoms with Crippen LogP contribution in [0.15, 0.2) is 35.2 Å². The van der Waals surface area contributed by atoms with E-state index in [-0.39, 0.29) is 11.7 Å². The number of halogens is 3. The van der Waals surface area contributed by atoms with Gasteiger partial charge in [-0.2, -0.15) is 0 Å². The minimum absolute atomic E-state index is 0.200. The summed E-state index contributed by atoms with van der Waals surface area (Å²) in [4.78, 5) is 13.0. The molecule has 0 unspecified atom stereocenters. The van der Waals surface area contributed by atoms with Gasteiger partial charge in [-0.25, -0.2) is 0 Å². The Labute approximate surface area is 159 Å². The first-order valence-electron chi connectivity index (χ1n) is 6.73. The van der Waals surface area contributed by atoms with E-state index < -0.39 is 0 Å². The van der Waals surface area contributed by atoms with Gasteiger partial charge in [0, 0.05) is 4.90 Å². The largest absolute Gasteiger partial charge is 0.493 e. The van der Waals surface area contributed by atoms with Crippen LogP contribution in [-0.4, -0.2) is 25.9 Å². The number of rotatable bonds is 6. The lowest BCUT2D eigenvalue weighted by Gasteiger charge is -2.10. The van der Waals surface area contributed by atoms with Crippen molar-refractivity contribution in [2.24, 2.45) is 0 Å². The van der Waals surface area contributed by atoms with Gasteiger partial charge in [0.1, 0.15) is 0 Å². The van der Waals surface area contributed by atoms with Gasteiger partial charge in [0.05, 0.1) is 40.7 Å². The fraction of sp³-hybridized carbons (Fsp3) is 0.188. The number of carbonyl (C=O) groups excluding carboxylic acids is 1. The number of amides is 1. The normalized spacial score (nSPS) is 10.4. The van der Waals surface area contributed by atoms with E-state index in [1.165, 1.54) is 23.9 Å². The summed E-state index contributed by atoms with van der Waals surface area (Å²) in [6, 6.07) is 8.46. The van der Waals surface area contributed by atoms with E-state index in [0.29, 0.717) is 32.3 Å². The van der Waals surface area contributed by atoms with Crippen LogP contribution in [0.3, 0.4) is 0 Å². The number of hydrogen-bond acceptors (Lipinski definition) is 4. The maximum atomic E-state index is 12.1. The van der Waals surface area contributed by atoms with Crippen molar-refractivity contribution in [2.45, 2.75) is 4.90 Å². The SMILES string of the molecule is COc1ccc(SCC(=O)Nc2cc(Cl)c(Cl)cc2Cl)cc1OC. The van der Waals surface area contributed by atoms with Crippen LogP contribution in [0.2, 0.25) is 15.1 Å². The van der Waals surface area contributed by atoms with Crippen LogP contribution in [0.5, 0.6) is 11.5 Å². The molecule has 0 fully saturated rings. The van der Waals surface area contributed by atoms with Crippen LogP contribution < -0.4 is 14.8 Å². The van der Waals surface area contributed by atoms with E-state index in [0.717, 1.165) is 4.90 Å². The van der Waals surface area contributed by atoms with E-state index in [1.807, 2.05) is 12.1 Å². The maximum absolute atomic E-state index is 12.1. The molecule has 0 aromatic heterocycles. The Balaban J connectivity index is 2.00. The number of nitrogens with one attached hydrogen (secondary N) is 1. The predicted octanol–water partition coefficient (Wildman–Crippen LogP) is 5.39. The minimum atomic E-state index is -0.213. The topological polar surface area (TPSA) is 47.6 Å². The summed E-state index contributed by atoms with van der Waals surface area (Å²) in [7, 11) is 3.13. The van der Waals surface area contributed by atoms with Gasteiger partial charge in [-0.15, -0.1) is 11.8 Å². The van der Waals surface area contributed by atoms with Gasteiger partial charge in [-0.05, 0) is 30.3 Å². The zero-order valence-corrected chi connectivity index (χ0v) is 15.9. The Morgan fingerprint density at radius 1 is 1.00 bits per heavy atom. The molecule has 0 aliphatic rings. The number of ether oxygens (including phenoxy) is 2. The van der Waals surface area contributed by atoms with Gasteiger partial charge in [-0.1, -0.05) is 34.8 Å². The molecule has 24 heavy (non-hydrogen) atoms. The lowest BCUT2D eigenvalue weighted by Crippen LogP contribution is -2.14. The smallest absolute Gasteiger partial charge is 0.234 e. The van der Waals surface area contributed by atoms with Crippen LogP contribution in [0, 0.1) is 0 Å². The molecule has 1 N–H and O–H groups in total. The summed E-state index contributed by atoms with van der Waals surface area (Å²) >= 11 is 19.2. The third-order valence-electron chi connectivity index (χ3n) is 3.01. The molecule has 8 heteroatoms. The van der Waals surface area contributed by atoms with Gasteiger partial charge in [0.25, 0.3) is 0 Å². The molecule has 128 valence electrons. The van der Waals surface area contributed by atoms with E-state index in [2.05, 4.69) is 5.32 Å². The van der Waals surface area contributed by atoms with Crippen molar-refractivity contribution >= 4 is 58.2 Å². The molecular formula is C16H14Cl3NO3S. The molecule has 4 nitrogen and oxygen atoms in total. The lowest BCUT2D eigenvalue weighted by atomic mass is 10.3. The Kier molecular flexibility index (Phi) is 6.92. The van der Waals surface area contributed by atoms with Crippen LogP contribution >= 0.6 is 46.6 Å². The van der Waals surface area contributed by atoms with Crippen molar-refractivity contribution in [3.63, 3.8) is 0 Å². The summed E-state index contributed by atoms with van der Waals surface area (Å²) in [5.74, 6) is 1.23. The number of anilines is 1. The molecule has 0 saturated carbocycles. The first-order valence-corrected chi connectivity index (χ1v) is 8.85. The van der Waals surface area contributed by atoms with E-state index in [9.17, 15) is 4.79 Å². The Hall–Kier alpha value is -1.27. The standard InChI is InChI=1S/C16H14Cl3NO3S/c1-22-14-4-3-9(5-15(14)23-2)24-8-16(21)20-13-7-11(18)10(17)6-12(13)19/h3-7H,8H2,1-2H3,(H,20,21). The Bertz CT molecular complexity index is 756. The summed E-state index contributed by atoms with van der Waals surface area (Å²) < 4.78 is 10.4. The molecule has 2 rings (SSSR count). The van der Waals surface area contributed by atoms with Crippen molar-refractivity contribution in [3.8, 4) is 11.5 Å². The summed E-state index contributed by atoms with van der Waals surface area (Å²) in [5, 5.41) is 3.69. The van der Waals surface area contributed by atoms with Crippen LogP contribution in [0.1, 0.15) is 0 Å². The van der Waals surface area contributed by atoms with Crippen molar-refractivity contribution in [3.05, 3.63) is 45.4 Å². The Morgan fingerprint density at radius 2 is 1.67 bits per heavy atom. The van der Waals surface area contributed by atoms with E-state index >= 15 is 0 Å². The van der Waals surface area contributed by atoms with Gasteiger partial charge < -0.3 is 14.8 Å². The highest BCUT2D eigenvalue weighted by atomic mass is 35.5. The molecule has 0 saturated heterocycles. The average molecular weight is 407 g/mol. The van der Waals surface area contributed by atoms with Crippen LogP contribution in [0.25, 0.3) is 0 Å². The fourth-order valence-electron chi connectivity index (χ4n) is 1.86. The van der Waals surface area contributed by atoms with E-state index in [4.69, 9.17) is 44.3 Å². The number of carbonyl (C=O) groups is 1. The Morgan fingerprint density at radius 3 is 2.33 bits per heavy atom. The number of thioether (sulfide) groups is 1. The molecule has 0 aliphatic heterocycles. The number of benzene rings is 2. The maximum Gasteiger partial charge on any atom is 0.234 e. The fourth-order valence-corrected chi connectivity index (χ4v) is 3.18. The molecule has 2 aromatic rings. The average Bonchev–Trinajstić information content (AvgIpc) is 2.57. The molecule has 2 aromatic carbocycles. The number of hydrogen-bond donors (Lipinski definition) is 1. The minimum Gasteiger partial charge on any atom is -0.493 e. The molecule has 0 heterocycles. The third kappa shape index (κ3) is 4.86. The van der Waals surface area contributed by atoms with Crippen LogP contribution in [0.4, 0.5) is 5.69 Å². The summed E-state index contributed by atoms with van der Waals surface area (Å²) in [6.07, 6.45) is 0. The molecule has 0 aliphatic carbocycles. The first-order chi connectivity index (χ1) is 11.4. The summed E-state index contributed by atoms with van der Waals surface area (Å²) in [6.45, 7) is 0. The number of methoxy groups -OCH3 is 2. The van der Waals surface area contributed by atoms with Gasteiger partial charge >= 0.3 is 0 Å². The monoisotopic (exact) mass is 405 g/mol. The quantitative estimate of drug-likeness (QED) is 0.516. The molecule has 0 spiro atoms. The van der Waals surface area contributed by atoms with Crippen molar-refractivity contribution in [2.75, 3.05) is 25.3 Å². The zero-order valence-electron chi connectivity index (χ0n) is 12.9. The highest BCUT2D eigenvalue weighted by Gasteiger charge is 2.11. The highest BCUT2D eigenvalue weighted by molar-refractivity contribution is 8.00. The van der Waals surface area contributed by atoms with Gasteiger partial charge in [-0.3, -0.25) is 4.79 Å². The second-order valence-corrected chi connectivity index (χ2v) is 6.87. The third-order valence-corrected chi connectivity index (χ3v) is 5.04. The molecule has 0 bridgehead atoms. The lowest BCUT2D eigenvalue weighted by molar-refractivity contribution is -0.113. The van der Waals surface area contributed by atoms with Crippen molar-refractivity contribution < 1.29 is 14.3 Å². The van der Waals surface area contributed by atoms with Crippen molar-refractivity contribution in [1.29, 1.82) is 0 Å². The van der Waals surface area contributed by atoms with Crippen molar-refractivity contribution in [1.82, 2.24) is 0 Å². The molecule has 0 radical (unpaired) electrons. The first kappa shape index (κ1) is 19.1. The molecule has 1 amide bonds. The van der Waals surface area contributed by atoms with Gasteiger partial charge in [0.2, 0.25) is 5.91 Å².